The first kappa shape index (κ1) is 29.7. The third kappa shape index (κ3) is 11.2. The van der Waals surface area contributed by atoms with Crippen LogP contribution in [0.5, 0.6) is 0 Å². The van der Waals surface area contributed by atoms with Crippen molar-refractivity contribution >= 4 is 0 Å². The highest BCUT2D eigenvalue weighted by Crippen LogP contribution is 2.35. The van der Waals surface area contributed by atoms with E-state index in [1.807, 2.05) is 6.92 Å². The predicted molar refractivity (Wildman–Crippen MR) is 138 cm³/mol. The van der Waals surface area contributed by atoms with Crippen LogP contribution >= 0.6 is 0 Å². The van der Waals surface area contributed by atoms with E-state index in [9.17, 15) is 10.2 Å². The minimum Gasteiger partial charge on any atom is -0.390 e. The largest absolute Gasteiger partial charge is 0.390 e. The second-order valence-corrected chi connectivity index (χ2v) is 11.2. The summed E-state index contributed by atoms with van der Waals surface area (Å²) in [5.41, 5.74) is 0.821. The lowest BCUT2D eigenvalue weighted by molar-refractivity contribution is -0.00631. The highest BCUT2D eigenvalue weighted by molar-refractivity contribution is 5.18. The molecular weight excluding hydrogens is 396 g/mol. The molecule has 2 N–H and O–H groups in total. The van der Waals surface area contributed by atoms with Crippen LogP contribution in [0.4, 0.5) is 0 Å². The van der Waals surface area contributed by atoms with Crippen molar-refractivity contribution in [1.82, 2.24) is 0 Å². The van der Waals surface area contributed by atoms with Gasteiger partial charge in [0.05, 0.1) is 17.8 Å². The molecule has 0 aliphatic heterocycles. The maximum Gasteiger partial charge on any atom is 0.0814 e. The molecule has 1 aliphatic rings. The molecule has 3 nitrogen and oxygen atoms in total. The van der Waals surface area contributed by atoms with Crippen molar-refractivity contribution < 1.29 is 14.9 Å². The average molecular weight is 452 g/mol. The minimum atomic E-state index is -0.493. The van der Waals surface area contributed by atoms with E-state index >= 15 is 0 Å². The number of hydrogen-bond acceptors (Lipinski definition) is 3. The first-order chi connectivity index (χ1) is 15.1. The Bertz CT molecular complexity index is 513. The second kappa shape index (κ2) is 15.5. The van der Waals surface area contributed by atoms with Gasteiger partial charge in [0.2, 0.25) is 0 Å². The Hall–Kier alpha value is -0.380. The van der Waals surface area contributed by atoms with E-state index < -0.39 is 5.60 Å². The van der Waals surface area contributed by atoms with Crippen LogP contribution in [0.3, 0.4) is 0 Å². The van der Waals surface area contributed by atoms with Gasteiger partial charge in [0.1, 0.15) is 0 Å². The lowest BCUT2D eigenvalue weighted by atomic mass is 9.76. The summed E-state index contributed by atoms with van der Waals surface area (Å²) in [5, 5.41) is 20.9. The van der Waals surface area contributed by atoms with Crippen LogP contribution in [0.1, 0.15) is 119 Å². The summed E-state index contributed by atoms with van der Waals surface area (Å²) in [6, 6.07) is 0. The maximum absolute atomic E-state index is 10.5. The van der Waals surface area contributed by atoms with Gasteiger partial charge in [-0.1, -0.05) is 72.3 Å². The molecule has 0 spiro atoms. The molecule has 7 unspecified atom stereocenters. The molecule has 0 radical (unpaired) electrons. The van der Waals surface area contributed by atoms with Gasteiger partial charge in [0.25, 0.3) is 0 Å². The summed E-state index contributed by atoms with van der Waals surface area (Å²) >= 11 is 0. The predicted octanol–water partition coefficient (Wildman–Crippen LogP) is 7.50. The second-order valence-electron chi connectivity index (χ2n) is 11.2. The van der Waals surface area contributed by atoms with Crippen LogP contribution in [-0.2, 0) is 4.74 Å². The van der Waals surface area contributed by atoms with E-state index in [-0.39, 0.29) is 18.1 Å². The Morgan fingerprint density at radius 1 is 1.00 bits per heavy atom. The van der Waals surface area contributed by atoms with Gasteiger partial charge in [0, 0.05) is 6.61 Å². The standard InChI is InChI=1S/C29H55O3/c1-8-10-11-19-29(7,31)20-13-16-22(3)14-12-15-23(4)17-18-26-21-27(30)24(5)25(6)28(26)32-9-2/h8,21-25,27-28,30-31H,9-20H2,1-7H3/q-1. The van der Waals surface area contributed by atoms with Crippen LogP contribution in [-0.4, -0.2) is 34.6 Å². The van der Waals surface area contributed by atoms with Crippen LogP contribution in [0.15, 0.2) is 11.6 Å². The van der Waals surface area contributed by atoms with Crippen molar-refractivity contribution in [2.75, 3.05) is 6.61 Å². The number of ether oxygens (including phenoxy) is 1. The first-order valence-electron chi connectivity index (χ1n) is 13.6. The zero-order valence-electron chi connectivity index (χ0n) is 22.4. The van der Waals surface area contributed by atoms with E-state index in [0.29, 0.717) is 11.8 Å². The van der Waals surface area contributed by atoms with E-state index in [1.54, 1.807) is 0 Å². The average Bonchev–Trinajstić information content (AvgIpc) is 2.73. The molecule has 0 saturated heterocycles. The van der Waals surface area contributed by atoms with Gasteiger partial charge in [0.15, 0.2) is 0 Å². The summed E-state index contributed by atoms with van der Waals surface area (Å²) in [5.74, 6) is 2.07. The summed E-state index contributed by atoms with van der Waals surface area (Å²) in [6.45, 7) is 16.0. The minimum absolute atomic E-state index is 0.169. The third-order valence-electron chi connectivity index (χ3n) is 7.88. The summed E-state index contributed by atoms with van der Waals surface area (Å²) in [7, 11) is 0. The third-order valence-corrected chi connectivity index (χ3v) is 7.88. The van der Waals surface area contributed by atoms with E-state index in [0.717, 1.165) is 51.0 Å². The number of aliphatic hydroxyl groups excluding tert-OH is 1. The quantitative estimate of drug-likeness (QED) is 0.137. The molecule has 0 bridgehead atoms. The van der Waals surface area contributed by atoms with Gasteiger partial charge < -0.3 is 21.4 Å². The molecule has 190 valence electrons. The fourth-order valence-corrected chi connectivity index (χ4v) is 5.21. The molecule has 0 fully saturated rings. The van der Waals surface area contributed by atoms with Crippen LogP contribution in [0.25, 0.3) is 0 Å². The molecular formula is C29H55O3-. The molecule has 0 aromatic carbocycles. The van der Waals surface area contributed by atoms with E-state index in [2.05, 4.69) is 54.0 Å². The summed E-state index contributed by atoms with van der Waals surface area (Å²) in [6.07, 6.45) is 16.6. The van der Waals surface area contributed by atoms with Crippen molar-refractivity contribution in [3.63, 3.8) is 0 Å². The monoisotopic (exact) mass is 451 g/mol. The zero-order valence-corrected chi connectivity index (χ0v) is 22.4. The summed E-state index contributed by atoms with van der Waals surface area (Å²) in [4.78, 5) is 0. The molecule has 0 amide bonds. The van der Waals surface area contributed by atoms with Crippen molar-refractivity contribution in [1.29, 1.82) is 0 Å². The van der Waals surface area contributed by atoms with Gasteiger partial charge in [-0.05, 0) is 68.8 Å². The molecule has 0 heterocycles. The Labute approximate surface area is 200 Å². The highest BCUT2D eigenvalue weighted by Gasteiger charge is 2.34. The maximum atomic E-state index is 10.5. The molecule has 32 heavy (non-hydrogen) atoms. The van der Waals surface area contributed by atoms with Gasteiger partial charge in [-0.25, -0.2) is 0 Å². The van der Waals surface area contributed by atoms with Crippen molar-refractivity contribution in [3.8, 4) is 0 Å². The van der Waals surface area contributed by atoms with Crippen molar-refractivity contribution in [3.05, 3.63) is 18.1 Å². The zero-order chi connectivity index (χ0) is 24.1. The van der Waals surface area contributed by atoms with Crippen LogP contribution in [0.2, 0.25) is 0 Å². The lowest BCUT2D eigenvalue weighted by Gasteiger charge is -2.37. The fourth-order valence-electron chi connectivity index (χ4n) is 5.21. The lowest BCUT2D eigenvalue weighted by Crippen LogP contribution is -2.39. The highest BCUT2D eigenvalue weighted by atomic mass is 16.5. The Morgan fingerprint density at radius 2 is 1.59 bits per heavy atom. The molecule has 1 aliphatic carbocycles. The fraction of sp³-hybridized carbons (Fsp3) is 0.897. The van der Waals surface area contributed by atoms with Gasteiger partial charge in [-0.3, -0.25) is 0 Å². The Balaban J connectivity index is 2.27. The molecule has 0 aromatic rings. The normalized spacial score (nSPS) is 27.6. The smallest absolute Gasteiger partial charge is 0.0814 e. The Kier molecular flexibility index (Phi) is 14.4. The SMILES string of the molecule is C[CH-]CCCC(C)(O)CCCC(C)CCCC(C)CCC1=CC(O)C(C)C(C)C1OCC. The van der Waals surface area contributed by atoms with Crippen molar-refractivity contribution in [2.45, 2.75) is 137 Å². The van der Waals surface area contributed by atoms with Crippen molar-refractivity contribution in [2.24, 2.45) is 23.7 Å². The summed E-state index contributed by atoms with van der Waals surface area (Å²) < 4.78 is 6.06. The number of aliphatic hydroxyl groups is 2. The molecule has 1 rings (SSSR count). The first-order valence-corrected chi connectivity index (χ1v) is 13.6. The molecule has 3 heteroatoms. The molecule has 7 atom stereocenters. The van der Waals surface area contributed by atoms with Gasteiger partial charge in [-0.15, -0.1) is 0 Å². The van der Waals surface area contributed by atoms with Crippen LogP contribution < -0.4 is 0 Å². The number of hydrogen-bond donors (Lipinski definition) is 2. The van der Waals surface area contributed by atoms with E-state index in [1.165, 1.54) is 37.7 Å². The molecule has 0 aromatic heterocycles. The van der Waals surface area contributed by atoms with E-state index in [4.69, 9.17) is 4.74 Å². The topological polar surface area (TPSA) is 49.7 Å². The molecule has 0 saturated carbocycles. The van der Waals surface area contributed by atoms with Crippen LogP contribution in [0, 0.1) is 30.1 Å². The number of unbranched alkanes of at least 4 members (excludes halogenated alkanes) is 2. The number of rotatable bonds is 17. The van der Waals surface area contributed by atoms with Gasteiger partial charge in [-0.2, -0.15) is 13.3 Å². The Morgan fingerprint density at radius 3 is 2.22 bits per heavy atom. The van der Waals surface area contributed by atoms with Gasteiger partial charge >= 0.3 is 0 Å².